The second-order valence-corrected chi connectivity index (χ2v) is 7.18. The first-order chi connectivity index (χ1) is 15.0. The third-order valence-corrected chi connectivity index (χ3v) is 5.25. The van der Waals surface area contributed by atoms with Crippen LogP contribution < -0.4 is 20.1 Å². The summed E-state index contributed by atoms with van der Waals surface area (Å²) >= 11 is 0. The van der Waals surface area contributed by atoms with E-state index < -0.39 is 23.5 Å². The summed E-state index contributed by atoms with van der Waals surface area (Å²) in [4.78, 5) is 20.2. The van der Waals surface area contributed by atoms with Crippen LogP contribution in [-0.4, -0.2) is 28.6 Å². The molecule has 3 heterocycles. The molecule has 31 heavy (non-hydrogen) atoms. The number of fused-ring (bicyclic) bond motifs is 3. The molecule has 2 amide bonds. The van der Waals surface area contributed by atoms with Crippen molar-refractivity contribution in [3.05, 3.63) is 71.9 Å². The number of nitrogens with zero attached hydrogens (tertiary/aromatic N) is 2. The molecule has 1 fully saturated rings. The van der Waals surface area contributed by atoms with Crippen molar-refractivity contribution >= 4 is 11.8 Å². The van der Waals surface area contributed by atoms with Gasteiger partial charge >= 0.3 is 6.03 Å². The Morgan fingerprint density at radius 2 is 1.90 bits per heavy atom. The number of ether oxygens (including phenoxy) is 2. The first-order valence-corrected chi connectivity index (χ1v) is 9.43. The number of aromatic nitrogens is 2. The summed E-state index contributed by atoms with van der Waals surface area (Å²) in [5.41, 5.74) is 0.156. The molecule has 2 aromatic heterocycles. The Kier molecular flexibility index (Phi) is 4.61. The number of amides is 2. The molecule has 1 aliphatic heterocycles. The van der Waals surface area contributed by atoms with Crippen LogP contribution in [0.4, 0.5) is 23.8 Å². The van der Waals surface area contributed by atoms with Gasteiger partial charge in [-0.15, -0.1) is 0 Å². The molecule has 2 N–H and O–H groups in total. The van der Waals surface area contributed by atoms with E-state index in [9.17, 15) is 18.0 Å². The minimum Gasteiger partial charge on any atom is -0.490 e. The molecule has 2 aliphatic rings. The summed E-state index contributed by atoms with van der Waals surface area (Å²) in [5.74, 6) is -1.87. The first-order valence-electron chi connectivity index (χ1n) is 9.43. The van der Waals surface area contributed by atoms with Gasteiger partial charge < -0.3 is 14.8 Å². The molecule has 0 spiro atoms. The lowest BCUT2D eigenvalue weighted by atomic mass is 10.0. The molecule has 1 saturated carbocycles. The monoisotopic (exact) mass is 428 g/mol. The van der Waals surface area contributed by atoms with Gasteiger partial charge in [0.2, 0.25) is 0 Å². The lowest BCUT2D eigenvalue weighted by Gasteiger charge is -2.16. The second-order valence-electron chi connectivity index (χ2n) is 7.18. The van der Waals surface area contributed by atoms with Gasteiger partial charge in [0.25, 0.3) is 0 Å². The van der Waals surface area contributed by atoms with Gasteiger partial charge in [-0.3, -0.25) is 10.3 Å². The Morgan fingerprint density at radius 3 is 2.68 bits per heavy atom. The van der Waals surface area contributed by atoms with E-state index in [0.717, 1.165) is 12.1 Å². The zero-order valence-electron chi connectivity index (χ0n) is 15.8. The number of urea groups is 1. The van der Waals surface area contributed by atoms with Crippen LogP contribution in [0.25, 0.3) is 0 Å². The lowest BCUT2D eigenvalue weighted by Crippen LogP contribution is -2.32. The Hall–Kier alpha value is -3.82. The normalized spacial score (nSPS) is 20.7. The highest BCUT2D eigenvalue weighted by atomic mass is 19.1. The molecular formula is C21H15F3N4O3. The Bertz CT molecular complexity index is 1160. The number of rotatable bonds is 4. The van der Waals surface area contributed by atoms with Gasteiger partial charge in [-0.2, -0.15) is 0 Å². The number of hydrogen-bond donors (Lipinski definition) is 2. The van der Waals surface area contributed by atoms with E-state index in [4.69, 9.17) is 9.47 Å². The summed E-state index contributed by atoms with van der Waals surface area (Å²) in [5, 5.41) is 5.31. The zero-order chi connectivity index (χ0) is 21.5. The SMILES string of the molecule is O=C(Nc1ccc(Oc2cnccc2F)cn1)NC1[C@H]2COc3c(F)ccc(F)c3[C@@H]12. The lowest BCUT2D eigenvalue weighted by molar-refractivity contribution is 0.247. The summed E-state index contributed by atoms with van der Waals surface area (Å²) in [7, 11) is 0. The molecule has 1 aromatic carbocycles. The maximum absolute atomic E-state index is 14.2. The molecular weight excluding hydrogens is 413 g/mol. The highest BCUT2D eigenvalue weighted by Gasteiger charge is 2.57. The first kappa shape index (κ1) is 19.2. The summed E-state index contributed by atoms with van der Waals surface area (Å²) in [6.07, 6.45) is 3.86. The average Bonchev–Trinajstić information content (AvgIpc) is 3.46. The van der Waals surface area contributed by atoms with Crippen LogP contribution in [0.15, 0.2) is 48.9 Å². The Morgan fingerprint density at radius 1 is 1.06 bits per heavy atom. The minimum absolute atomic E-state index is 0.0507. The number of pyridine rings is 2. The molecule has 1 aliphatic carbocycles. The molecule has 0 saturated heterocycles. The maximum atomic E-state index is 14.2. The Balaban J connectivity index is 1.21. The third kappa shape index (κ3) is 3.60. The maximum Gasteiger partial charge on any atom is 0.320 e. The van der Waals surface area contributed by atoms with Crippen LogP contribution >= 0.6 is 0 Å². The van der Waals surface area contributed by atoms with Crippen molar-refractivity contribution in [1.82, 2.24) is 15.3 Å². The molecule has 0 radical (unpaired) electrons. The highest BCUT2D eigenvalue weighted by molar-refractivity contribution is 5.89. The number of anilines is 1. The van der Waals surface area contributed by atoms with Gasteiger partial charge in [-0.1, -0.05) is 0 Å². The molecule has 5 rings (SSSR count). The van der Waals surface area contributed by atoms with Gasteiger partial charge in [-0.05, 0) is 30.3 Å². The quantitative estimate of drug-likeness (QED) is 0.657. The largest absolute Gasteiger partial charge is 0.490 e. The second kappa shape index (κ2) is 7.46. The van der Waals surface area contributed by atoms with E-state index in [-0.39, 0.29) is 53.1 Å². The highest BCUT2D eigenvalue weighted by Crippen LogP contribution is 2.55. The third-order valence-electron chi connectivity index (χ3n) is 5.25. The number of benzene rings is 1. The Labute approximate surface area is 174 Å². The predicted octanol–water partition coefficient (Wildman–Crippen LogP) is 3.98. The van der Waals surface area contributed by atoms with E-state index >= 15 is 0 Å². The fraction of sp³-hybridized carbons (Fsp3) is 0.190. The van der Waals surface area contributed by atoms with E-state index in [1.54, 1.807) is 0 Å². The fourth-order valence-electron chi connectivity index (χ4n) is 3.74. The molecule has 0 bridgehead atoms. The van der Waals surface area contributed by atoms with Crippen LogP contribution in [-0.2, 0) is 0 Å². The van der Waals surface area contributed by atoms with Crippen LogP contribution in [0, 0.1) is 23.4 Å². The van der Waals surface area contributed by atoms with Gasteiger partial charge in [0.1, 0.15) is 17.4 Å². The number of nitrogens with one attached hydrogen (secondary N) is 2. The van der Waals surface area contributed by atoms with Crippen LogP contribution in [0.3, 0.4) is 0 Å². The van der Waals surface area contributed by atoms with Gasteiger partial charge in [0.05, 0.1) is 19.0 Å². The van der Waals surface area contributed by atoms with Crippen molar-refractivity contribution in [2.75, 3.05) is 11.9 Å². The number of hydrogen-bond acceptors (Lipinski definition) is 5. The minimum atomic E-state index is -0.623. The van der Waals surface area contributed by atoms with Crippen molar-refractivity contribution in [3.63, 3.8) is 0 Å². The topological polar surface area (TPSA) is 85.4 Å². The van der Waals surface area contributed by atoms with Gasteiger partial charge in [0, 0.05) is 29.6 Å². The van der Waals surface area contributed by atoms with E-state index in [1.807, 2.05) is 0 Å². The van der Waals surface area contributed by atoms with Crippen LogP contribution in [0.2, 0.25) is 0 Å². The number of halogens is 3. The molecule has 7 nitrogen and oxygen atoms in total. The summed E-state index contributed by atoms with van der Waals surface area (Å²) in [6, 6.07) is 5.31. The molecule has 158 valence electrons. The van der Waals surface area contributed by atoms with Gasteiger partial charge in [0.15, 0.2) is 23.1 Å². The van der Waals surface area contributed by atoms with Crippen molar-refractivity contribution in [2.24, 2.45) is 5.92 Å². The number of carbonyl (C=O) groups is 1. The van der Waals surface area contributed by atoms with E-state index in [2.05, 4.69) is 20.6 Å². The predicted molar refractivity (Wildman–Crippen MR) is 103 cm³/mol. The van der Waals surface area contributed by atoms with Crippen molar-refractivity contribution < 1.29 is 27.4 Å². The van der Waals surface area contributed by atoms with Crippen molar-refractivity contribution in [3.8, 4) is 17.2 Å². The summed E-state index contributed by atoms with van der Waals surface area (Å²) in [6.45, 7) is 0.193. The zero-order valence-corrected chi connectivity index (χ0v) is 15.8. The molecule has 1 unspecified atom stereocenters. The van der Waals surface area contributed by atoms with Crippen molar-refractivity contribution in [2.45, 2.75) is 12.0 Å². The molecule has 3 atom stereocenters. The summed E-state index contributed by atoms with van der Waals surface area (Å²) < 4.78 is 52.4. The standard InChI is InChI=1S/C21H15F3N4O3/c22-12-5-6-25-8-15(12)31-10-1-4-16(26-7-10)27-21(29)28-19-11-9-30-20-14(24)3-2-13(23)18(20)17(11)19/h1-8,11,17,19H,9H2,(H2,26,27,28,29)/t11-,17-,19?/m0/s1. The van der Waals surface area contributed by atoms with E-state index in [1.165, 1.54) is 36.8 Å². The smallest absolute Gasteiger partial charge is 0.320 e. The average molecular weight is 428 g/mol. The van der Waals surface area contributed by atoms with Crippen molar-refractivity contribution in [1.29, 1.82) is 0 Å². The fourth-order valence-corrected chi connectivity index (χ4v) is 3.74. The molecule has 3 aromatic rings. The van der Waals surface area contributed by atoms with E-state index in [0.29, 0.717) is 0 Å². The van der Waals surface area contributed by atoms with Crippen LogP contribution in [0.5, 0.6) is 17.2 Å². The number of carbonyl (C=O) groups excluding carboxylic acids is 1. The van der Waals surface area contributed by atoms with Crippen LogP contribution in [0.1, 0.15) is 11.5 Å². The molecule has 10 heteroatoms. The van der Waals surface area contributed by atoms with Gasteiger partial charge in [-0.25, -0.2) is 22.9 Å².